The van der Waals surface area contributed by atoms with Crippen LogP contribution in [0.4, 0.5) is 0 Å². The summed E-state index contributed by atoms with van der Waals surface area (Å²) in [5.74, 6) is -0.0865. The molecular weight excluding hydrogens is 254 g/mol. The van der Waals surface area contributed by atoms with Crippen molar-refractivity contribution in [1.29, 1.82) is 0 Å². The Balaban J connectivity index is 1.89. The average molecular weight is 281 g/mol. The molecule has 0 aromatic carbocycles. The molecule has 114 valence electrons. The van der Waals surface area contributed by atoms with Crippen molar-refractivity contribution in [3.05, 3.63) is 0 Å². The number of hydrogen-bond acceptors (Lipinski definition) is 2. The van der Waals surface area contributed by atoms with Crippen LogP contribution in [-0.4, -0.2) is 35.0 Å². The molecule has 0 radical (unpaired) electrons. The van der Waals surface area contributed by atoms with Crippen LogP contribution in [0.3, 0.4) is 0 Å². The summed E-state index contributed by atoms with van der Waals surface area (Å²) in [5, 5.41) is 9.32. The minimum absolute atomic E-state index is 0.170. The van der Waals surface area contributed by atoms with Gasteiger partial charge in [0.15, 0.2) is 0 Å². The highest BCUT2D eigenvalue weighted by Gasteiger charge is 2.39. The quantitative estimate of drug-likeness (QED) is 0.809. The topological polar surface area (TPSA) is 57.6 Å². The van der Waals surface area contributed by atoms with Crippen molar-refractivity contribution in [1.82, 2.24) is 4.90 Å². The van der Waals surface area contributed by atoms with Gasteiger partial charge in [-0.25, -0.2) is 0 Å². The number of piperidine rings is 1. The molecule has 1 saturated heterocycles. The zero-order chi connectivity index (χ0) is 14.6. The number of carboxylic acid groups (broad SMARTS) is 1. The first-order chi connectivity index (χ1) is 9.51. The van der Waals surface area contributed by atoms with E-state index in [-0.39, 0.29) is 5.91 Å². The van der Waals surface area contributed by atoms with Gasteiger partial charge in [0.2, 0.25) is 5.91 Å². The molecule has 0 aromatic heterocycles. The number of carbonyl (C=O) groups excluding carboxylic acids is 1. The number of nitrogens with zero attached hydrogens (tertiary/aromatic N) is 1. The van der Waals surface area contributed by atoms with Crippen molar-refractivity contribution in [3.8, 4) is 0 Å². The van der Waals surface area contributed by atoms with Gasteiger partial charge in [0.1, 0.15) is 0 Å². The molecular formula is C16H27NO3. The van der Waals surface area contributed by atoms with Gasteiger partial charge >= 0.3 is 5.97 Å². The molecule has 1 unspecified atom stereocenters. The molecule has 1 N–H and O–H groups in total. The molecule has 0 bridgehead atoms. The Hall–Kier alpha value is -1.06. The largest absolute Gasteiger partial charge is 0.481 e. The lowest BCUT2D eigenvalue weighted by Crippen LogP contribution is -2.48. The van der Waals surface area contributed by atoms with Gasteiger partial charge in [-0.3, -0.25) is 9.59 Å². The fraction of sp³-hybridized carbons (Fsp3) is 0.875. The second kappa shape index (κ2) is 6.59. The Morgan fingerprint density at radius 2 is 1.80 bits per heavy atom. The van der Waals surface area contributed by atoms with Gasteiger partial charge in [-0.15, -0.1) is 0 Å². The van der Waals surface area contributed by atoms with E-state index in [1.165, 1.54) is 25.7 Å². The third-order valence-electron chi connectivity index (χ3n) is 5.00. The van der Waals surface area contributed by atoms with Gasteiger partial charge in [-0.2, -0.15) is 0 Å². The molecule has 1 heterocycles. The highest BCUT2D eigenvalue weighted by Crippen LogP contribution is 2.31. The summed E-state index contributed by atoms with van der Waals surface area (Å²) >= 11 is 0. The number of aliphatic carboxylic acids is 1. The number of likely N-dealkylation sites (tertiary alicyclic amines) is 1. The maximum Gasteiger partial charge on any atom is 0.311 e. The van der Waals surface area contributed by atoms with Gasteiger partial charge < -0.3 is 10.0 Å². The van der Waals surface area contributed by atoms with Crippen LogP contribution < -0.4 is 0 Å². The summed E-state index contributed by atoms with van der Waals surface area (Å²) in [6.45, 7) is 2.88. The van der Waals surface area contributed by atoms with E-state index in [2.05, 4.69) is 0 Å². The summed E-state index contributed by atoms with van der Waals surface area (Å²) in [5.41, 5.74) is -0.753. The molecule has 1 aliphatic heterocycles. The minimum Gasteiger partial charge on any atom is -0.481 e. The molecule has 2 aliphatic rings. The van der Waals surface area contributed by atoms with E-state index in [4.69, 9.17) is 0 Å². The predicted molar refractivity (Wildman–Crippen MR) is 77.4 cm³/mol. The van der Waals surface area contributed by atoms with E-state index >= 15 is 0 Å². The third kappa shape index (κ3) is 3.74. The molecule has 4 nitrogen and oxygen atoms in total. The van der Waals surface area contributed by atoms with E-state index in [1.54, 1.807) is 11.8 Å². The monoisotopic (exact) mass is 281 g/mol. The highest BCUT2D eigenvalue weighted by atomic mass is 16.4. The normalized spacial score (nSPS) is 28.9. The Bertz CT molecular complexity index is 361. The van der Waals surface area contributed by atoms with E-state index in [9.17, 15) is 14.7 Å². The highest BCUT2D eigenvalue weighted by molar-refractivity contribution is 5.79. The van der Waals surface area contributed by atoms with Gasteiger partial charge in [-0.05, 0) is 38.5 Å². The molecule has 20 heavy (non-hydrogen) atoms. The van der Waals surface area contributed by atoms with Crippen LogP contribution in [0.15, 0.2) is 0 Å². The standard InChI is InChI=1S/C16H27NO3/c1-16(15(19)20)9-6-10-17(12-16)14(18)11-13-7-4-2-3-5-8-13/h13H,2-12H2,1H3,(H,19,20). The third-order valence-corrected chi connectivity index (χ3v) is 5.00. The van der Waals surface area contributed by atoms with Crippen molar-refractivity contribution in [2.75, 3.05) is 13.1 Å². The van der Waals surface area contributed by atoms with Crippen molar-refractivity contribution in [2.45, 2.75) is 64.7 Å². The maximum absolute atomic E-state index is 12.4. The van der Waals surface area contributed by atoms with Crippen LogP contribution in [0.1, 0.15) is 64.7 Å². The Labute approximate surface area is 121 Å². The van der Waals surface area contributed by atoms with Gasteiger partial charge in [0, 0.05) is 19.5 Å². The predicted octanol–water partition coefficient (Wildman–Crippen LogP) is 3.06. The molecule has 2 rings (SSSR count). The molecule has 4 heteroatoms. The van der Waals surface area contributed by atoms with Gasteiger partial charge in [0.05, 0.1) is 5.41 Å². The van der Waals surface area contributed by atoms with Crippen LogP contribution in [0.25, 0.3) is 0 Å². The molecule has 0 aromatic rings. The summed E-state index contributed by atoms with van der Waals surface area (Å²) in [6, 6.07) is 0. The molecule has 1 saturated carbocycles. The number of carbonyl (C=O) groups is 2. The first-order valence-electron chi connectivity index (χ1n) is 8.02. The van der Waals surface area contributed by atoms with Crippen LogP contribution in [-0.2, 0) is 9.59 Å². The molecule has 1 atom stereocenters. The smallest absolute Gasteiger partial charge is 0.311 e. The molecule has 0 spiro atoms. The van der Waals surface area contributed by atoms with Crippen molar-refractivity contribution < 1.29 is 14.7 Å². The second-order valence-electron chi connectivity index (χ2n) is 6.85. The summed E-state index contributed by atoms with van der Waals surface area (Å²) in [4.78, 5) is 25.6. The lowest BCUT2D eigenvalue weighted by atomic mass is 9.81. The van der Waals surface area contributed by atoms with Crippen LogP contribution >= 0.6 is 0 Å². The fourth-order valence-electron chi connectivity index (χ4n) is 3.57. The first kappa shape index (κ1) is 15.3. The van der Waals surface area contributed by atoms with Gasteiger partial charge in [-0.1, -0.05) is 25.7 Å². The lowest BCUT2D eigenvalue weighted by Gasteiger charge is -2.38. The summed E-state index contributed by atoms with van der Waals surface area (Å²) in [6.07, 6.45) is 9.50. The van der Waals surface area contributed by atoms with Crippen molar-refractivity contribution in [2.24, 2.45) is 11.3 Å². The number of hydrogen-bond donors (Lipinski definition) is 1. The van der Waals surface area contributed by atoms with Crippen LogP contribution in [0.5, 0.6) is 0 Å². The second-order valence-corrected chi connectivity index (χ2v) is 6.85. The summed E-state index contributed by atoms with van der Waals surface area (Å²) < 4.78 is 0. The van der Waals surface area contributed by atoms with Crippen molar-refractivity contribution in [3.63, 3.8) is 0 Å². The lowest BCUT2D eigenvalue weighted by molar-refractivity contribution is -0.153. The van der Waals surface area contributed by atoms with Gasteiger partial charge in [0.25, 0.3) is 0 Å². The Kier molecular flexibility index (Phi) is 5.06. The zero-order valence-corrected chi connectivity index (χ0v) is 12.6. The van der Waals surface area contributed by atoms with E-state index in [0.717, 1.165) is 25.8 Å². The first-order valence-corrected chi connectivity index (χ1v) is 8.02. The average Bonchev–Trinajstić information content (AvgIpc) is 2.67. The zero-order valence-electron chi connectivity index (χ0n) is 12.6. The van der Waals surface area contributed by atoms with Crippen LogP contribution in [0, 0.1) is 11.3 Å². The molecule has 1 aliphatic carbocycles. The molecule has 2 fully saturated rings. The van der Waals surface area contributed by atoms with E-state index in [1.807, 2.05) is 0 Å². The minimum atomic E-state index is -0.774. The SMILES string of the molecule is CC1(C(=O)O)CCCN(C(=O)CC2CCCCCC2)C1. The Morgan fingerprint density at radius 1 is 1.15 bits per heavy atom. The summed E-state index contributed by atoms with van der Waals surface area (Å²) in [7, 11) is 0. The number of carboxylic acids is 1. The molecule has 1 amide bonds. The Morgan fingerprint density at radius 3 is 2.40 bits per heavy atom. The van der Waals surface area contributed by atoms with Crippen molar-refractivity contribution >= 4 is 11.9 Å². The van der Waals surface area contributed by atoms with Crippen LogP contribution in [0.2, 0.25) is 0 Å². The number of rotatable bonds is 3. The maximum atomic E-state index is 12.4. The van der Waals surface area contributed by atoms with E-state index < -0.39 is 11.4 Å². The fourth-order valence-corrected chi connectivity index (χ4v) is 3.57. The van der Waals surface area contributed by atoms with E-state index in [0.29, 0.717) is 25.3 Å². The number of amides is 1.